The molecule has 1 unspecified atom stereocenters. The molecule has 2 N–H and O–H groups in total. The summed E-state index contributed by atoms with van der Waals surface area (Å²) in [5.41, 5.74) is 1.88. The number of amides is 1. The maximum absolute atomic E-state index is 12.1. The Morgan fingerprint density at radius 2 is 1.62 bits per heavy atom. The predicted molar refractivity (Wildman–Crippen MR) is 102 cm³/mol. The molecule has 2 aromatic carbocycles. The second kappa shape index (κ2) is 9.56. The summed E-state index contributed by atoms with van der Waals surface area (Å²) in [6.07, 6.45) is 0.355. The molecule has 0 aromatic heterocycles. The van der Waals surface area contributed by atoms with Crippen LogP contribution in [0.2, 0.25) is 0 Å². The molecule has 0 fully saturated rings. The van der Waals surface area contributed by atoms with Crippen LogP contribution in [0.4, 0.5) is 5.69 Å². The van der Waals surface area contributed by atoms with Gasteiger partial charge in [0.05, 0.1) is 27.4 Å². The van der Waals surface area contributed by atoms with E-state index in [2.05, 4.69) is 10.6 Å². The number of anilines is 1. The van der Waals surface area contributed by atoms with Gasteiger partial charge in [0.25, 0.3) is 0 Å². The van der Waals surface area contributed by atoms with Crippen LogP contribution >= 0.6 is 0 Å². The van der Waals surface area contributed by atoms with E-state index in [-0.39, 0.29) is 11.9 Å². The van der Waals surface area contributed by atoms with E-state index in [4.69, 9.17) is 14.2 Å². The maximum Gasteiger partial charge on any atom is 0.222 e. The van der Waals surface area contributed by atoms with Crippen molar-refractivity contribution in [2.75, 3.05) is 33.2 Å². The summed E-state index contributed by atoms with van der Waals surface area (Å²) in [6, 6.07) is 13.5. The van der Waals surface area contributed by atoms with Crippen LogP contribution in [0.1, 0.15) is 24.9 Å². The number of carbonyl (C=O) groups is 1. The summed E-state index contributed by atoms with van der Waals surface area (Å²) in [6.45, 7) is 2.46. The van der Waals surface area contributed by atoms with Crippen LogP contribution in [0.3, 0.4) is 0 Å². The maximum atomic E-state index is 12.1. The first-order valence-corrected chi connectivity index (χ1v) is 8.47. The van der Waals surface area contributed by atoms with Crippen molar-refractivity contribution in [3.8, 4) is 17.2 Å². The molecule has 0 bridgehead atoms. The van der Waals surface area contributed by atoms with Gasteiger partial charge in [-0.05, 0) is 12.5 Å². The van der Waals surface area contributed by atoms with Crippen molar-refractivity contribution >= 4 is 11.6 Å². The first kappa shape index (κ1) is 19.4. The summed E-state index contributed by atoms with van der Waals surface area (Å²) in [5.74, 6) is 1.66. The van der Waals surface area contributed by atoms with Gasteiger partial charge in [-0.2, -0.15) is 0 Å². The van der Waals surface area contributed by atoms with Crippen molar-refractivity contribution in [3.05, 3.63) is 48.0 Å². The number of hydrogen-bond acceptors (Lipinski definition) is 5. The molecule has 1 atom stereocenters. The summed E-state index contributed by atoms with van der Waals surface area (Å²) in [7, 11) is 4.70. The number of benzene rings is 2. The summed E-state index contributed by atoms with van der Waals surface area (Å²) in [4.78, 5) is 12.1. The zero-order valence-corrected chi connectivity index (χ0v) is 15.7. The monoisotopic (exact) mass is 358 g/mol. The summed E-state index contributed by atoms with van der Waals surface area (Å²) in [5, 5.41) is 6.21. The van der Waals surface area contributed by atoms with E-state index in [9.17, 15) is 4.79 Å². The second-order valence-electron chi connectivity index (χ2n) is 5.79. The van der Waals surface area contributed by atoms with Gasteiger partial charge in [0.15, 0.2) is 11.5 Å². The molecule has 0 radical (unpaired) electrons. The van der Waals surface area contributed by atoms with Gasteiger partial charge in [0, 0.05) is 30.8 Å². The molecule has 2 aromatic rings. The molecule has 0 aliphatic heterocycles. The molecule has 6 nitrogen and oxygen atoms in total. The second-order valence-corrected chi connectivity index (χ2v) is 5.79. The molecular weight excluding hydrogens is 332 g/mol. The zero-order chi connectivity index (χ0) is 18.9. The number of carbonyl (C=O) groups excluding carboxylic acids is 1. The SMILES string of the molecule is COc1cc(NCCC(=O)NC(C)c2ccccc2)cc(OC)c1OC. The van der Waals surface area contributed by atoms with Crippen LogP contribution in [-0.2, 0) is 4.79 Å². The molecule has 0 aliphatic rings. The minimum Gasteiger partial charge on any atom is -0.493 e. The van der Waals surface area contributed by atoms with Crippen molar-refractivity contribution in [2.45, 2.75) is 19.4 Å². The van der Waals surface area contributed by atoms with E-state index >= 15 is 0 Å². The van der Waals surface area contributed by atoms with Crippen LogP contribution in [0.25, 0.3) is 0 Å². The van der Waals surface area contributed by atoms with E-state index in [0.29, 0.717) is 30.2 Å². The first-order chi connectivity index (χ1) is 12.6. The molecule has 0 heterocycles. The molecule has 26 heavy (non-hydrogen) atoms. The highest BCUT2D eigenvalue weighted by Crippen LogP contribution is 2.39. The van der Waals surface area contributed by atoms with E-state index in [1.807, 2.05) is 49.4 Å². The van der Waals surface area contributed by atoms with Gasteiger partial charge in [0.2, 0.25) is 11.7 Å². The van der Waals surface area contributed by atoms with Crippen molar-refractivity contribution in [3.63, 3.8) is 0 Å². The molecule has 2 rings (SSSR count). The normalized spacial score (nSPS) is 11.4. The first-order valence-electron chi connectivity index (χ1n) is 8.47. The lowest BCUT2D eigenvalue weighted by Gasteiger charge is -2.16. The molecule has 0 saturated carbocycles. The van der Waals surface area contributed by atoms with Gasteiger partial charge in [-0.15, -0.1) is 0 Å². The fraction of sp³-hybridized carbons (Fsp3) is 0.350. The highest BCUT2D eigenvalue weighted by atomic mass is 16.5. The van der Waals surface area contributed by atoms with E-state index in [0.717, 1.165) is 11.3 Å². The largest absolute Gasteiger partial charge is 0.493 e. The lowest BCUT2D eigenvalue weighted by molar-refractivity contribution is -0.121. The third kappa shape index (κ3) is 5.05. The Morgan fingerprint density at radius 1 is 1.00 bits per heavy atom. The topological polar surface area (TPSA) is 68.8 Å². The number of methoxy groups -OCH3 is 3. The van der Waals surface area contributed by atoms with Gasteiger partial charge in [-0.1, -0.05) is 30.3 Å². The Labute approximate surface area is 154 Å². The van der Waals surface area contributed by atoms with E-state index in [1.54, 1.807) is 21.3 Å². The van der Waals surface area contributed by atoms with Gasteiger partial charge in [-0.25, -0.2) is 0 Å². The molecule has 0 aliphatic carbocycles. The van der Waals surface area contributed by atoms with Crippen molar-refractivity contribution in [2.24, 2.45) is 0 Å². The molecule has 6 heteroatoms. The van der Waals surface area contributed by atoms with Crippen LogP contribution in [0.5, 0.6) is 17.2 Å². The van der Waals surface area contributed by atoms with Crippen molar-refractivity contribution in [1.82, 2.24) is 5.32 Å². The number of ether oxygens (including phenoxy) is 3. The zero-order valence-electron chi connectivity index (χ0n) is 15.7. The van der Waals surface area contributed by atoms with Gasteiger partial charge in [0.1, 0.15) is 0 Å². The van der Waals surface area contributed by atoms with Crippen molar-refractivity contribution < 1.29 is 19.0 Å². The average molecular weight is 358 g/mol. The lowest BCUT2D eigenvalue weighted by Crippen LogP contribution is -2.28. The Bertz CT molecular complexity index is 694. The molecule has 0 spiro atoms. The standard InChI is InChI=1S/C20H26N2O4/c1-14(15-8-6-5-7-9-15)22-19(23)10-11-21-16-12-17(24-2)20(26-4)18(13-16)25-3/h5-9,12-14,21H,10-11H2,1-4H3,(H,22,23). The quantitative estimate of drug-likeness (QED) is 0.719. The van der Waals surface area contributed by atoms with Crippen LogP contribution in [0, 0.1) is 0 Å². The third-order valence-corrected chi connectivity index (χ3v) is 4.02. The summed E-state index contributed by atoms with van der Waals surface area (Å²) >= 11 is 0. The minimum atomic E-state index is -0.0233. The minimum absolute atomic E-state index is 0.0127. The summed E-state index contributed by atoms with van der Waals surface area (Å²) < 4.78 is 15.9. The Balaban J connectivity index is 1.90. The number of rotatable bonds is 9. The van der Waals surface area contributed by atoms with Crippen LogP contribution < -0.4 is 24.8 Å². The lowest BCUT2D eigenvalue weighted by atomic mass is 10.1. The average Bonchev–Trinajstić information content (AvgIpc) is 2.67. The third-order valence-electron chi connectivity index (χ3n) is 4.02. The highest BCUT2D eigenvalue weighted by molar-refractivity contribution is 5.77. The Hall–Kier alpha value is -2.89. The fourth-order valence-electron chi connectivity index (χ4n) is 2.64. The molecule has 140 valence electrons. The van der Waals surface area contributed by atoms with Crippen LogP contribution in [-0.4, -0.2) is 33.8 Å². The van der Waals surface area contributed by atoms with E-state index in [1.165, 1.54) is 0 Å². The Morgan fingerprint density at radius 3 is 2.15 bits per heavy atom. The number of hydrogen-bond donors (Lipinski definition) is 2. The molecule has 1 amide bonds. The Kier molecular flexibility index (Phi) is 7.14. The van der Waals surface area contributed by atoms with Crippen LogP contribution in [0.15, 0.2) is 42.5 Å². The van der Waals surface area contributed by atoms with Gasteiger partial charge in [-0.3, -0.25) is 4.79 Å². The molecule has 0 saturated heterocycles. The van der Waals surface area contributed by atoms with Gasteiger partial charge >= 0.3 is 0 Å². The molecular formula is C20H26N2O4. The number of nitrogens with one attached hydrogen (secondary N) is 2. The predicted octanol–water partition coefficient (Wildman–Crippen LogP) is 3.39. The van der Waals surface area contributed by atoms with Gasteiger partial charge < -0.3 is 24.8 Å². The smallest absolute Gasteiger partial charge is 0.222 e. The fourth-order valence-corrected chi connectivity index (χ4v) is 2.64. The van der Waals surface area contributed by atoms with E-state index < -0.39 is 0 Å². The highest BCUT2D eigenvalue weighted by Gasteiger charge is 2.13. The van der Waals surface area contributed by atoms with Crippen molar-refractivity contribution in [1.29, 1.82) is 0 Å².